The largest absolute Gasteiger partial charge is 0.338 e. The van der Waals surface area contributed by atoms with Gasteiger partial charge in [0.25, 0.3) is 0 Å². The molecule has 0 unspecified atom stereocenters. The van der Waals surface area contributed by atoms with Crippen LogP contribution >= 0.6 is 0 Å². The van der Waals surface area contributed by atoms with Crippen LogP contribution in [0.3, 0.4) is 0 Å². The van der Waals surface area contributed by atoms with E-state index < -0.39 is 26.2 Å². The second kappa shape index (κ2) is 6.73. The molecule has 0 radical (unpaired) electrons. The number of benzene rings is 2. The summed E-state index contributed by atoms with van der Waals surface area (Å²) in [4.78, 5) is 4.54. The van der Waals surface area contributed by atoms with Crippen LogP contribution in [0.5, 0.6) is 0 Å². The lowest BCUT2D eigenvalue weighted by atomic mass is 10.1. The minimum Gasteiger partial charge on any atom is -0.338 e. The van der Waals surface area contributed by atoms with Crippen molar-refractivity contribution < 1.29 is 17.2 Å². The number of aryl methyl sites for hydroxylation is 1. The minimum atomic E-state index is -3.60. The Morgan fingerprint density at radius 1 is 1.07 bits per heavy atom. The number of nitrogens with zero attached hydrogens (tertiary/aromatic N) is 2. The molecule has 0 spiro atoms. The summed E-state index contributed by atoms with van der Waals surface area (Å²) in [5.41, 5.74) is 1.77. The Hall–Kier alpha value is -3.07. The van der Waals surface area contributed by atoms with E-state index in [0.29, 0.717) is 22.2 Å². The summed E-state index contributed by atoms with van der Waals surface area (Å²) in [7, 11) is -3.60. The maximum Gasteiger partial charge on any atom is 0.183 e. The molecule has 0 aliphatic carbocycles. The molecule has 30 heavy (non-hydrogen) atoms. The van der Waals surface area contributed by atoms with E-state index in [4.69, 9.17) is 0 Å². The van der Waals surface area contributed by atoms with Crippen molar-refractivity contribution in [2.75, 3.05) is 5.32 Å². The van der Waals surface area contributed by atoms with Gasteiger partial charge in [-0.05, 0) is 57.5 Å². The van der Waals surface area contributed by atoms with E-state index in [1.807, 2.05) is 0 Å². The molecule has 2 aromatic carbocycles. The Bertz CT molecular complexity index is 1410. The monoisotopic (exact) mass is 430 g/mol. The zero-order valence-electron chi connectivity index (χ0n) is 16.8. The normalized spacial score (nSPS) is 12.6. The van der Waals surface area contributed by atoms with Gasteiger partial charge in [-0.3, -0.25) is 10.1 Å². The highest BCUT2D eigenvalue weighted by Crippen LogP contribution is 2.34. The molecule has 4 rings (SSSR count). The standard InChI is InChI=1S/C21H20F2N4O2S/c1-11-7-17-13(10-18(11)30(28,29)21(2,3)4)16(5-6-24-17)25-20-14-8-12(22)9-15(23)19(14)26-27-20/h5-10H,1-4H3,(H2,24,25,26,27). The van der Waals surface area contributed by atoms with Gasteiger partial charge in [0.05, 0.1) is 20.8 Å². The number of aromatic amines is 1. The SMILES string of the molecule is Cc1cc2nccc(Nc3n[nH]c4c(F)cc(F)cc34)c2cc1S(=O)(=O)C(C)(C)C. The van der Waals surface area contributed by atoms with Crippen LogP contribution in [-0.2, 0) is 9.84 Å². The summed E-state index contributed by atoms with van der Waals surface area (Å²) in [6.45, 7) is 6.67. The number of aromatic nitrogens is 3. The van der Waals surface area contributed by atoms with Crippen LogP contribution < -0.4 is 5.32 Å². The molecule has 0 aliphatic rings. The lowest BCUT2D eigenvalue weighted by Gasteiger charge is -2.21. The number of fused-ring (bicyclic) bond motifs is 2. The molecular weight excluding hydrogens is 410 g/mol. The zero-order chi connectivity index (χ0) is 21.8. The number of hydrogen-bond acceptors (Lipinski definition) is 5. The van der Waals surface area contributed by atoms with Crippen molar-refractivity contribution in [1.82, 2.24) is 15.2 Å². The van der Waals surface area contributed by atoms with Gasteiger partial charge >= 0.3 is 0 Å². The molecule has 2 N–H and O–H groups in total. The third-order valence-corrected chi connectivity index (χ3v) is 7.61. The number of hydrogen-bond donors (Lipinski definition) is 2. The summed E-state index contributed by atoms with van der Waals surface area (Å²) >= 11 is 0. The van der Waals surface area contributed by atoms with Gasteiger partial charge in [0, 0.05) is 23.0 Å². The van der Waals surface area contributed by atoms with E-state index in [1.165, 1.54) is 6.07 Å². The van der Waals surface area contributed by atoms with Crippen LogP contribution in [0.15, 0.2) is 41.4 Å². The number of halogens is 2. The van der Waals surface area contributed by atoms with E-state index in [2.05, 4.69) is 20.5 Å². The quantitative estimate of drug-likeness (QED) is 0.477. The van der Waals surface area contributed by atoms with Gasteiger partial charge in [-0.25, -0.2) is 17.2 Å². The van der Waals surface area contributed by atoms with E-state index in [-0.39, 0.29) is 21.6 Å². The summed E-state index contributed by atoms with van der Waals surface area (Å²) in [5, 5.41) is 10.4. The second-order valence-corrected chi connectivity index (χ2v) is 10.8. The molecule has 2 heterocycles. The van der Waals surface area contributed by atoms with Crippen molar-refractivity contribution in [3.8, 4) is 0 Å². The average molecular weight is 430 g/mol. The first kappa shape index (κ1) is 20.2. The van der Waals surface area contributed by atoms with Gasteiger partial charge < -0.3 is 5.32 Å². The lowest BCUT2D eigenvalue weighted by molar-refractivity contribution is 0.559. The van der Waals surface area contributed by atoms with Crippen LogP contribution in [0.25, 0.3) is 21.8 Å². The summed E-state index contributed by atoms with van der Waals surface area (Å²) < 4.78 is 52.8. The second-order valence-electron chi connectivity index (χ2n) is 8.12. The molecule has 4 aromatic rings. The number of pyridine rings is 1. The summed E-state index contributed by atoms with van der Waals surface area (Å²) in [6.07, 6.45) is 1.57. The predicted molar refractivity (Wildman–Crippen MR) is 113 cm³/mol. The van der Waals surface area contributed by atoms with Crippen molar-refractivity contribution in [1.29, 1.82) is 0 Å². The Balaban J connectivity index is 1.90. The predicted octanol–water partition coefficient (Wildman–Crippen LogP) is 5.01. The van der Waals surface area contributed by atoms with Gasteiger partial charge in [-0.1, -0.05) is 0 Å². The first-order valence-corrected chi connectivity index (χ1v) is 10.7. The molecule has 6 nitrogen and oxygen atoms in total. The third-order valence-electron chi connectivity index (χ3n) is 4.98. The maximum absolute atomic E-state index is 14.0. The van der Waals surface area contributed by atoms with Crippen LogP contribution in [0.1, 0.15) is 26.3 Å². The van der Waals surface area contributed by atoms with Crippen LogP contribution in [-0.4, -0.2) is 28.3 Å². The fraction of sp³-hybridized carbons (Fsp3) is 0.238. The molecule has 0 atom stereocenters. The molecule has 9 heteroatoms. The fourth-order valence-electron chi connectivity index (χ4n) is 3.27. The van der Waals surface area contributed by atoms with Gasteiger partial charge in [-0.2, -0.15) is 5.10 Å². The van der Waals surface area contributed by atoms with Gasteiger partial charge in [0.15, 0.2) is 21.5 Å². The Kier molecular flexibility index (Phi) is 4.54. The highest BCUT2D eigenvalue weighted by molar-refractivity contribution is 7.92. The van der Waals surface area contributed by atoms with Crippen LogP contribution in [0, 0.1) is 18.6 Å². The first-order chi connectivity index (χ1) is 14.0. The van der Waals surface area contributed by atoms with Crippen molar-refractivity contribution in [2.45, 2.75) is 37.3 Å². The highest BCUT2D eigenvalue weighted by Gasteiger charge is 2.32. The van der Waals surface area contributed by atoms with E-state index >= 15 is 0 Å². The van der Waals surface area contributed by atoms with Gasteiger partial charge in [0.1, 0.15) is 11.3 Å². The van der Waals surface area contributed by atoms with E-state index in [1.54, 1.807) is 52.1 Å². The number of anilines is 2. The molecular formula is C21H20F2N4O2S. The number of H-pyrrole nitrogens is 1. The van der Waals surface area contributed by atoms with Gasteiger partial charge in [0.2, 0.25) is 0 Å². The Labute approximate surface area is 172 Å². The van der Waals surface area contributed by atoms with Gasteiger partial charge in [-0.15, -0.1) is 0 Å². The molecule has 156 valence electrons. The number of rotatable bonds is 3. The van der Waals surface area contributed by atoms with E-state index in [0.717, 1.165) is 6.07 Å². The van der Waals surface area contributed by atoms with E-state index in [9.17, 15) is 17.2 Å². The smallest absolute Gasteiger partial charge is 0.183 e. The van der Waals surface area contributed by atoms with Crippen molar-refractivity contribution >= 4 is 43.1 Å². The minimum absolute atomic E-state index is 0.0732. The van der Waals surface area contributed by atoms with Crippen LogP contribution in [0.2, 0.25) is 0 Å². The molecule has 0 saturated carbocycles. The first-order valence-electron chi connectivity index (χ1n) is 9.23. The zero-order valence-corrected chi connectivity index (χ0v) is 17.7. The highest BCUT2D eigenvalue weighted by atomic mass is 32.2. The fourth-order valence-corrected chi connectivity index (χ4v) is 4.69. The summed E-state index contributed by atoms with van der Waals surface area (Å²) in [6, 6.07) is 6.89. The third kappa shape index (κ3) is 3.19. The molecule has 0 bridgehead atoms. The number of sulfone groups is 1. The molecule has 0 fully saturated rings. The van der Waals surface area contributed by atoms with Crippen LogP contribution in [0.4, 0.5) is 20.3 Å². The maximum atomic E-state index is 14.0. The average Bonchev–Trinajstić information content (AvgIpc) is 3.03. The topological polar surface area (TPSA) is 87.7 Å². The van der Waals surface area contributed by atoms with Crippen molar-refractivity contribution in [3.63, 3.8) is 0 Å². The number of nitrogens with one attached hydrogen (secondary N) is 2. The molecule has 0 amide bonds. The molecule has 0 saturated heterocycles. The summed E-state index contributed by atoms with van der Waals surface area (Å²) in [5.74, 6) is -1.26. The Morgan fingerprint density at radius 3 is 2.50 bits per heavy atom. The van der Waals surface area contributed by atoms with Crippen molar-refractivity contribution in [2.24, 2.45) is 0 Å². The lowest BCUT2D eigenvalue weighted by Crippen LogP contribution is -2.28. The molecule has 2 aromatic heterocycles. The van der Waals surface area contributed by atoms with Crippen molar-refractivity contribution in [3.05, 3.63) is 53.7 Å². The Morgan fingerprint density at radius 2 is 1.80 bits per heavy atom. The molecule has 0 aliphatic heterocycles.